The van der Waals surface area contributed by atoms with Crippen LogP contribution in [-0.2, 0) is 17.6 Å². The number of hydrogen-bond acceptors (Lipinski definition) is 4. The first-order chi connectivity index (χ1) is 15.1. The van der Waals surface area contributed by atoms with E-state index < -0.39 is 0 Å². The molecule has 3 aromatic rings. The Bertz CT molecular complexity index is 1030. The van der Waals surface area contributed by atoms with Crippen molar-refractivity contribution in [3.05, 3.63) is 83.4 Å². The average Bonchev–Trinajstić information content (AvgIpc) is 2.79. The molecule has 2 heterocycles. The molecule has 0 radical (unpaired) electrons. The fourth-order valence-electron chi connectivity index (χ4n) is 4.13. The van der Waals surface area contributed by atoms with Gasteiger partial charge in [0.25, 0.3) is 0 Å². The van der Waals surface area contributed by atoms with Gasteiger partial charge in [-0.1, -0.05) is 48.5 Å². The van der Waals surface area contributed by atoms with E-state index >= 15 is 0 Å². The molecule has 5 heteroatoms. The molecule has 1 aliphatic rings. The molecule has 160 valence electrons. The van der Waals surface area contributed by atoms with Crippen molar-refractivity contribution in [1.29, 1.82) is 0 Å². The third-order valence-corrected chi connectivity index (χ3v) is 6.03. The van der Waals surface area contributed by atoms with Crippen LogP contribution in [-0.4, -0.2) is 53.4 Å². The molecule has 0 atom stereocenters. The van der Waals surface area contributed by atoms with Crippen molar-refractivity contribution in [1.82, 2.24) is 14.8 Å². The van der Waals surface area contributed by atoms with Crippen LogP contribution in [0, 0.1) is 6.92 Å². The van der Waals surface area contributed by atoms with E-state index in [9.17, 15) is 4.79 Å². The van der Waals surface area contributed by atoms with Crippen LogP contribution in [0.2, 0.25) is 0 Å². The maximum absolute atomic E-state index is 12.6. The summed E-state index contributed by atoms with van der Waals surface area (Å²) in [6, 6.07) is 22.2. The van der Waals surface area contributed by atoms with Crippen LogP contribution in [0.5, 0.6) is 0 Å². The Balaban J connectivity index is 1.27. The number of amides is 1. The van der Waals surface area contributed by atoms with Gasteiger partial charge in [-0.25, -0.2) is 4.98 Å². The Morgan fingerprint density at radius 3 is 2.45 bits per heavy atom. The van der Waals surface area contributed by atoms with Crippen LogP contribution in [0.4, 0.5) is 5.82 Å². The summed E-state index contributed by atoms with van der Waals surface area (Å²) in [7, 11) is 0. The molecule has 0 aliphatic carbocycles. The van der Waals surface area contributed by atoms with Crippen molar-refractivity contribution in [3.8, 4) is 11.3 Å². The van der Waals surface area contributed by atoms with Crippen molar-refractivity contribution < 1.29 is 4.79 Å². The predicted molar refractivity (Wildman–Crippen MR) is 126 cm³/mol. The number of nitrogens with two attached hydrogens (primary N) is 1. The van der Waals surface area contributed by atoms with Crippen LogP contribution in [0.3, 0.4) is 0 Å². The number of pyridine rings is 1. The summed E-state index contributed by atoms with van der Waals surface area (Å²) in [6.07, 6.45) is 1.50. The van der Waals surface area contributed by atoms with Crippen LogP contribution < -0.4 is 5.73 Å². The zero-order chi connectivity index (χ0) is 21.6. The zero-order valence-electron chi connectivity index (χ0n) is 18.1. The number of carbonyl (C=O) groups is 1. The number of aromatic nitrogens is 1. The van der Waals surface area contributed by atoms with E-state index in [2.05, 4.69) is 35.0 Å². The van der Waals surface area contributed by atoms with Gasteiger partial charge in [0.2, 0.25) is 5.91 Å². The van der Waals surface area contributed by atoms with Gasteiger partial charge in [-0.2, -0.15) is 0 Å². The molecule has 2 N–H and O–H groups in total. The average molecular weight is 415 g/mol. The summed E-state index contributed by atoms with van der Waals surface area (Å²) in [5.41, 5.74) is 11.5. The molecular weight excluding hydrogens is 384 g/mol. The van der Waals surface area contributed by atoms with Crippen LogP contribution in [0.1, 0.15) is 16.7 Å². The van der Waals surface area contributed by atoms with E-state index in [0.29, 0.717) is 12.2 Å². The number of rotatable bonds is 6. The molecular formula is C26H30N4O. The zero-order valence-corrected chi connectivity index (χ0v) is 18.1. The molecule has 1 aliphatic heterocycles. The third-order valence-electron chi connectivity index (χ3n) is 6.03. The van der Waals surface area contributed by atoms with Crippen molar-refractivity contribution in [3.63, 3.8) is 0 Å². The molecule has 2 aromatic carbocycles. The highest BCUT2D eigenvalue weighted by molar-refractivity contribution is 5.78. The van der Waals surface area contributed by atoms with E-state index in [1.807, 2.05) is 47.4 Å². The minimum atomic E-state index is 0.229. The highest BCUT2D eigenvalue weighted by Crippen LogP contribution is 2.22. The Kier molecular flexibility index (Phi) is 6.63. The Labute approximate surface area is 184 Å². The number of carbonyl (C=O) groups excluding carboxylic acids is 1. The van der Waals surface area contributed by atoms with E-state index in [4.69, 9.17) is 5.73 Å². The van der Waals surface area contributed by atoms with E-state index in [0.717, 1.165) is 56.0 Å². The Hall–Kier alpha value is -3.18. The van der Waals surface area contributed by atoms with Crippen molar-refractivity contribution in [2.45, 2.75) is 19.8 Å². The normalized spacial score (nSPS) is 14.5. The lowest BCUT2D eigenvalue weighted by atomic mass is 10.0. The second kappa shape index (κ2) is 9.75. The van der Waals surface area contributed by atoms with Crippen molar-refractivity contribution >= 4 is 11.7 Å². The van der Waals surface area contributed by atoms with Gasteiger partial charge < -0.3 is 10.6 Å². The van der Waals surface area contributed by atoms with Gasteiger partial charge in [-0.15, -0.1) is 0 Å². The standard InChI is InChI=1S/C26H30N4O/c1-20-18-23(24-8-5-9-25(27)28-24)11-10-22(20)12-13-29-14-16-30(17-15-29)26(31)19-21-6-3-2-4-7-21/h2-11,18H,12-17,19H2,1H3,(H2,27,28). The number of nitrogens with zero attached hydrogens (tertiary/aromatic N) is 3. The maximum Gasteiger partial charge on any atom is 0.227 e. The number of piperazine rings is 1. The SMILES string of the molecule is Cc1cc(-c2cccc(N)n2)ccc1CCN1CCN(C(=O)Cc2ccccc2)CC1. The summed E-state index contributed by atoms with van der Waals surface area (Å²) in [6.45, 7) is 6.66. The first-order valence-electron chi connectivity index (χ1n) is 10.9. The predicted octanol–water partition coefficient (Wildman–Crippen LogP) is 3.57. The van der Waals surface area contributed by atoms with Gasteiger partial charge in [0.1, 0.15) is 5.82 Å². The monoisotopic (exact) mass is 414 g/mol. The van der Waals surface area contributed by atoms with Gasteiger partial charge in [-0.3, -0.25) is 9.69 Å². The number of aryl methyl sites for hydroxylation is 1. The number of anilines is 1. The maximum atomic E-state index is 12.6. The number of benzene rings is 2. The summed E-state index contributed by atoms with van der Waals surface area (Å²) < 4.78 is 0. The van der Waals surface area contributed by atoms with Crippen molar-refractivity contribution in [2.24, 2.45) is 0 Å². The van der Waals surface area contributed by atoms with E-state index in [-0.39, 0.29) is 5.91 Å². The van der Waals surface area contributed by atoms with Crippen molar-refractivity contribution in [2.75, 3.05) is 38.5 Å². The first-order valence-corrected chi connectivity index (χ1v) is 10.9. The molecule has 1 saturated heterocycles. The van der Waals surface area contributed by atoms with Gasteiger partial charge in [-0.05, 0) is 48.2 Å². The summed E-state index contributed by atoms with van der Waals surface area (Å²) in [5, 5.41) is 0. The molecule has 0 unspecified atom stereocenters. The minimum Gasteiger partial charge on any atom is -0.384 e. The lowest BCUT2D eigenvalue weighted by Gasteiger charge is -2.35. The Morgan fingerprint density at radius 1 is 0.968 bits per heavy atom. The second-order valence-electron chi connectivity index (χ2n) is 8.22. The minimum absolute atomic E-state index is 0.229. The van der Waals surface area contributed by atoms with Crippen LogP contribution in [0.25, 0.3) is 11.3 Å². The number of hydrogen-bond donors (Lipinski definition) is 1. The molecule has 31 heavy (non-hydrogen) atoms. The molecule has 0 saturated carbocycles. The lowest BCUT2D eigenvalue weighted by molar-refractivity contribution is -0.132. The topological polar surface area (TPSA) is 62.5 Å². The summed E-state index contributed by atoms with van der Waals surface area (Å²) in [5.74, 6) is 0.771. The van der Waals surface area contributed by atoms with E-state index in [1.165, 1.54) is 11.1 Å². The highest BCUT2D eigenvalue weighted by Gasteiger charge is 2.21. The third kappa shape index (κ3) is 5.50. The molecule has 1 aromatic heterocycles. The van der Waals surface area contributed by atoms with Crippen LogP contribution in [0.15, 0.2) is 66.7 Å². The lowest BCUT2D eigenvalue weighted by Crippen LogP contribution is -2.49. The molecule has 1 fully saturated rings. The fraction of sp³-hybridized carbons (Fsp3) is 0.308. The molecule has 5 nitrogen and oxygen atoms in total. The molecule has 0 bridgehead atoms. The van der Waals surface area contributed by atoms with Gasteiger partial charge in [0, 0.05) is 38.3 Å². The number of nitrogen functional groups attached to an aromatic ring is 1. The fourth-order valence-corrected chi connectivity index (χ4v) is 4.13. The summed E-state index contributed by atoms with van der Waals surface area (Å²) in [4.78, 5) is 21.4. The summed E-state index contributed by atoms with van der Waals surface area (Å²) >= 11 is 0. The quantitative estimate of drug-likeness (QED) is 0.670. The van der Waals surface area contributed by atoms with Gasteiger partial charge >= 0.3 is 0 Å². The smallest absolute Gasteiger partial charge is 0.227 e. The van der Waals surface area contributed by atoms with Gasteiger partial charge in [0.05, 0.1) is 12.1 Å². The Morgan fingerprint density at radius 2 is 1.74 bits per heavy atom. The first kappa shape index (κ1) is 21.1. The molecule has 1 amide bonds. The highest BCUT2D eigenvalue weighted by atomic mass is 16.2. The second-order valence-corrected chi connectivity index (χ2v) is 8.22. The molecule has 4 rings (SSSR count). The van der Waals surface area contributed by atoms with Crippen LogP contribution >= 0.6 is 0 Å². The molecule has 0 spiro atoms. The largest absolute Gasteiger partial charge is 0.384 e. The van der Waals surface area contributed by atoms with E-state index in [1.54, 1.807) is 6.07 Å². The van der Waals surface area contributed by atoms with Gasteiger partial charge in [0.15, 0.2) is 0 Å².